The minimum atomic E-state index is -0.0294. The Morgan fingerprint density at radius 3 is 2.65 bits per heavy atom. The molecule has 0 aliphatic rings. The Kier molecular flexibility index (Phi) is 4.31. The molecule has 2 aromatic rings. The standard InChI is InChI=1S/C13H11ClO2S/c14-11-5-3-10(4-6-11)13(15)9-16-8-12-2-1-7-17-12/h1-7H,8-9H2. The number of ether oxygens (including phenoxy) is 1. The van der Waals surface area contributed by atoms with Gasteiger partial charge in [-0.25, -0.2) is 0 Å². The summed E-state index contributed by atoms with van der Waals surface area (Å²) in [6.07, 6.45) is 0. The average Bonchev–Trinajstić information content (AvgIpc) is 2.83. The Hall–Kier alpha value is -1.16. The highest BCUT2D eigenvalue weighted by molar-refractivity contribution is 7.09. The van der Waals surface area contributed by atoms with E-state index in [0.717, 1.165) is 4.88 Å². The Bertz CT molecular complexity index is 477. The van der Waals surface area contributed by atoms with Gasteiger partial charge in [-0.1, -0.05) is 17.7 Å². The van der Waals surface area contributed by atoms with Gasteiger partial charge in [0.15, 0.2) is 5.78 Å². The summed E-state index contributed by atoms with van der Waals surface area (Å²) >= 11 is 7.37. The molecule has 4 heteroatoms. The maximum Gasteiger partial charge on any atom is 0.188 e. The lowest BCUT2D eigenvalue weighted by Gasteiger charge is -2.02. The summed E-state index contributed by atoms with van der Waals surface area (Å²) < 4.78 is 5.35. The number of carbonyl (C=O) groups is 1. The van der Waals surface area contributed by atoms with Gasteiger partial charge in [0.2, 0.25) is 0 Å². The second-order valence-corrected chi connectivity index (χ2v) is 4.97. The van der Waals surface area contributed by atoms with Gasteiger partial charge < -0.3 is 4.74 Å². The van der Waals surface area contributed by atoms with Crippen molar-refractivity contribution >= 4 is 28.7 Å². The van der Waals surface area contributed by atoms with Crippen LogP contribution < -0.4 is 0 Å². The van der Waals surface area contributed by atoms with Gasteiger partial charge in [-0.3, -0.25) is 4.79 Å². The van der Waals surface area contributed by atoms with Gasteiger partial charge in [-0.2, -0.15) is 0 Å². The number of carbonyl (C=O) groups excluding carboxylic acids is 1. The zero-order valence-electron chi connectivity index (χ0n) is 9.06. The largest absolute Gasteiger partial charge is 0.368 e. The summed E-state index contributed by atoms with van der Waals surface area (Å²) in [7, 11) is 0. The van der Waals surface area contributed by atoms with Crippen molar-refractivity contribution in [1.82, 2.24) is 0 Å². The van der Waals surface area contributed by atoms with Crippen molar-refractivity contribution in [1.29, 1.82) is 0 Å². The zero-order valence-corrected chi connectivity index (χ0v) is 10.6. The quantitative estimate of drug-likeness (QED) is 0.770. The van der Waals surface area contributed by atoms with Crippen molar-refractivity contribution in [3.63, 3.8) is 0 Å². The summed E-state index contributed by atoms with van der Waals surface area (Å²) in [4.78, 5) is 12.8. The first-order chi connectivity index (χ1) is 8.25. The van der Waals surface area contributed by atoms with Crippen LogP contribution in [0.1, 0.15) is 15.2 Å². The van der Waals surface area contributed by atoms with Crippen LogP contribution in [0.15, 0.2) is 41.8 Å². The highest BCUT2D eigenvalue weighted by Crippen LogP contribution is 2.12. The van der Waals surface area contributed by atoms with E-state index in [-0.39, 0.29) is 12.4 Å². The summed E-state index contributed by atoms with van der Waals surface area (Å²) in [5.41, 5.74) is 0.626. The Labute approximate surface area is 109 Å². The van der Waals surface area contributed by atoms with E-state index in [0.29, 0.717) is 17.2 Å². The third-order valence-corrected chi connectivity index (χ3v) is 3.33. The molecule has 17 heavy (non-hydrogen) atoms. The van der Waals surface area contributed by atoms with Gasteiger partial charge in [0, 0.05) is 15.5 Å². The molecular formula is C13H11ClO2S. The number of hydrogen-bond acceptors (Lipinski definition) is 3. The van der Waals surface area contributed by atoms with Crippen molar-refractivity contribution in [2.75, 3.05) is 6.61 Å². The number of ketones is 1. The summed E-state index contributed by atoms with van der Waals surface area (Å²) in [6, 6.07) is 10.8. The second kappa shape index (κ2) is 5.96. The molecule has 2 rings (SSSR count). The summed E-state index contributed by atoms with van der Waals surface area (Å²) in [6.45, 7) is 0.580. The first kappa shape index (κ1) is 12.3. The molecule has 0 atom stereocenters. The van der Waals surface area contributed by atoms with E-state index in [1.165, 1.54) is 0 Å². The van der Waals surface area contributed by atoms with Gasteiger partial charge >= 0.3 is 0 Å². The summed E-state index contributed by atoms with van der Waals surface area (Å²) in [5.74, 6) is -0.0294. The average molecular weight is 267 g/mol. The van der Waals surface area contributed by atoms with Crippen molar-refractivity contribution in [2.45, 2.75) is 6.61 Å². The van der Waals surface area contributed by atoms with E-state index in [1.54, 1.807) is 35.6 Å². The van der Waals surface area contributed by atoms with Crippen LogP contribution in [0, 0.1) is 0 Å². The zero-order chi connectivity index (χ0) is 12.1. The normalized spacial score (nSPS) is 10.4. The van der Waals surface area contributed by atoms with Gasteiger partial charge in [-0.15, -0.1) is 11.3 Å². The predicted molar refractivity (Wildman–Crippen MR) is 69.8 cm³/mol. The monoisotopic (exact) mass is 266 g/mol. The molecule has 0 bridgehead atoms. The summed E-state index contributed by atoms with van der Waals surface area (Å²) in [5, 5.41) is 2.61. The number of halogens is 1. The maximum atomic E-state index is 11.7. The Morgan fingerprint density at radius 1 is 1.24 bits per heavy atom. The second-order valence-electron chi connectivity index (χ2n) is 3.50. The van der Waals surface area contributed by atoms with Crippen LogP contribution in [0.2, 0.25) is 5.02 Å². The predicted octanol–water partition coefficient (Wildman–Crippen LogP) is 3.80. The van der Waals surface area contributed by atoms with Crippen LogP contribution in [-0.2, 0) is 11.3 Å². The van der Waals surface area contributed by atoms with Crippen molar-refractivity contribution < 1.29 is 9.53 Å². The number of rotatable bonds is 5. The van der Waals surface area contributed by atoms with E-state index in [1.807, 2.05) is 17.5 Å². The SMILES string of the molecule is O=C(COCc1cccs1)c1ccc(Cl)cc1. The van der Waals surface area contributed by atoms with Gasteiger partial charge in [0.05, 0.1) is 6.61 Å². The molecule has 0 amide bonds. The van der Waals surface area contributed by atoms with Gasteiger partial charge in [0.1, 0.15) is 6.61 Å². The fourth-order valence-corrected chi connectivity index (χ4v) is 2.12. The highest BCUT2D eigenvalue weighted by Gasteiger charge is 2.05. The van der Waals surface area contributed by atoms with Crippen LogP contribution in [0.5, 0.6) is 0 Å². The number of hydrogen-bond donors (Lipinski definition) is 0. The third-order valence-electron chi connectivity index (χ3n) is 2.22. The molecule has 0 unspecified atom stereocenters. The molecule has 0 aliphatic carbocycles. The smallest absolute Gasteiger partial charge is 0.188 e. The minimum Gasteiger partial charge on any atom is -0.368 e. The Balaban J connectivity index is 1.83. The molecule has 0 aliphatic heterocycles. The fourth-order valence-electron chi connectivity index (χ4n) is 1.36. The van der Waals surface area contributed by atoms with E-state index in [9.17, 15) is 4.79 Å². The van der Waals surface area contributed by atoms with E-state index in [2.05, 4.69) is 0 Å². The van der Waals surface area contributed by atoms with Crippen molar-refractivity contribution in [3.8, 4) is 0 Å². The molecule has 0 radical (unpaired) electrons. The van der Waals surface area contributed by atoms with Crippen LogP contribution in [0.3, 0.4) is 0 Å². The number of Topliss-reactive ketones (excluding diaryl/α,β-unsaturated/α-hetero) is 1. The molecule has 2 nitrogen and oxygen atoms in total. The lowest BCUT2D eigenvalue weighted by molar-refractivity contribution is 0.0731. The first-order valence-electron chi connectivity index (χ1n) is 5.14. The van der Waals surface area contributed by atoms with Crippen LogP contribution in [-0.4, -0.2) is 12.4 Å². The topological polar surface area (TPSA) is 26.3 Å². The third kappa shape index (κ3) is 3.66. The molecule has 0 fully saturated rings. The highest BCUT2D eigenvalue weighted by atomic mass is 35.5. The lowest BCUT2D eigenvalue weighted by Crippen LogP contribution is -2.08. The molecule has 1 aromatic carbocycles. The molecule has 1 heterocycles. The lowest BCUT2D eigenvalue weighted by atomic mass is 10.1. The molecule has 0 spiro atoms. The molecule has 1 aromatic heterocycles. The minimum absolute atomic E-state index is 0.0294. The molecule has 0 N–H and O–H groups in total. The molecular weight excluding hydrogens is 256 g/mol. The Morgan fingerprint density at radius 2 is 2.00 bits per heavy atom. The maximum absolute atomic E-state index is 11.7. The van der Waals surface area contributed by atoms with Crippen LogP contribution in [0.25, 0.3) is 0 Å². The number of thiophene rings is 1. The van der Waals surface area contributed by atoms with E-state index < -0.39 is 0 Å². The molecule has 0 saturated carbocycles. The number of benzene rings is 1. The van der Waals surface area contributed by atoms with Crippen LogP contribution >= 0.6 is 22.9 Å². The molecule has 0 saturated heterocycles. The van der Waals surface area contributed by atoms with Crippen LogP contribution in [0.4, 0.5) is 0 Å². The first-order valence-corrected chi connectivity index (χ1v) is 6.40. The fraction of sp³-hybridized carbons (Fsp3) is 0.154. The van der Waals surface area contributed by atoms with Gasteiger partial charge in [-0.05, 0) is 35.7 Å². The van der Waals surface area contributed by atoms with Crippen molar-refractivity contribution in [3.05, 3.63) is 57.2 Å². The van der Waals surface area contributed by atoms with E-state index >= 15 is 0 Å². The van der Waals surface area contributed by atoms with E-state index in [4.69, 9.17) is 16.3 Å². The van der Waals surface area contributed by atoms with Gasteiger partial charge in [0.25, 0.3) is 0 Å². The molecule has 88 valence electrons. The van der Waals surface area contributed by atoms with Crippen molar-refractivity contribution in [2.24, 2.45) is 0 Å².